The Hall–Kier alpha value is -0.630. The zero-order chi connectivity index (χ0) is 12.0. The van der Waals surface area contributed by atoms with Crippen LogP contribution in [0.15, 0.2) is 30.3 Å². The third-order valence-electron chi connectivity index (χ3n) is 2.66. The molecule has 1 aromatic carbocycles. The van der Waals surface area contributed by atoms with E-state index < -0.39 is 7.37 Å². The molecule has 2 atom stereocenters. The van der Waals surface area contributed by atoms with E-state index in [1.165, 1.54) is 0 Å². The van der Waals surface area contributed by atoms with E-state index in [-0.39, 0.29) is 5.66 Å². The van der Waals surface area contributed by atoms with E-state index in [0.29, 0.717) is 19.1 Å². The topological polar surface area (TPSA) is 63.3 Å². The van der Waals surface area contributed by atoms with Gasteiger partial charge in [-0.3, -0.25) is 4.57 Å². The molecule has 0 aliphatic rings. The molecule has 3 N–H and O–H groups in total. The molecule has 3 nitrogen and oxygen atoms in total. The van der Waals surface area contributed by atoms with Crippen LogP contribution in [0.5, 0.6) is 0 Å². The first-order chi connectivity index (χ1) is 7.61. The van der Waals surface area contributed by atoms with Gasteiger partial charge >= 0.3 is 0 Å². The fraction of sp³-hybridized carbons (Fsp3) is 0.500. The van der Waals surface area contributed by atoms with Gasteiger partial charge in [-0.2, -0.15) is 0 Å². The zero-order valence-electron chi connectivity index (χ0n) is 9.67. The van der Waals surface area contributed by atoms with Crippen molar-refractivity contribution in [2.24, 2.45) is 5.73 Å². The number of rotatable bonds is 6. The lowest BCUT2D eigenvalue weighted by Crippen LogP contribution is -2.09. The Bertz CT molecular complexity index is 353. The van der Waals surface area contributed by atoms with Crippen molar-refractivity contribution in [3.05, 3.63) is 35.9 Å². The molecule has 4 heteroatoms. The van der Waals surface area contributed by atoms with Crippen molar-refractivity contribution in [3.63, 3.8) is 0 Å². The molecule has 2 unspecified atom stereocenters. The van der Waals surface area contributed by atoms with Crippen LogP contribution in [-0.2, 0) is 4.57 Å². The van der Waals surface area contributed by atoms with Crippen LogP contribution in [0.3, 0.4) is 0 Å². The van der Waals surface area contributed by atoms with Gasteiger partial charge in [-0.15, -0.1) is 0 Å². The van der Waals surface area contributed by atoms with Gasteiger partial charge in [-0.1, -0.05) is 37.3 Å². The van der Waals surface area contributed by atoms with Crippen molar-refractivity contribution in [1.29, 1.82) is 0 Å². The van der Waals surface area contributed by atoms with Gasteiger partial charge in [-0.05, 0) is 24.9 Å². The summed E-state index contributed by atoms with van der Waals surface area (Å²) in [5.74, 6) is 0. The lowest BCUT2D eigenvalue weighted by molar-refractivity contribution is 0.459. The molecule has 0 fully saturated rings. The fourth-order valence-corrected chi connectivity index (χ4v) is 4.05. The van der Waals surface area contributed by atoms with Gasteiger partial charge in [0.15, 0.2) is 0 Å². The van der Waals surface area contributed by atoms with Crippen LogP contribution in [-0.4, -0.2) is 17.6 Å². The zero-order valence-corrected chi connectivity index (χ0v) is 10.6. The summed E-state index contributed by atoms with van der Waals surface area (Å²) in [5.41, 5.74) is 6.14. The highest BCUT2D eigenvalue weighted by Crippen LogP contribution is 2.57. The van der Waals surface area contributed by atoms with Crippen molar-refractivity contribution in [2.75, 3.05) is 12.7 Å². The molecule has 0 aromatic heterocycles. The smallest absolute Gasteiger partial charge is 0.207 e. The molecule has 0 radical (unpaired) electrons. The molecule has 0 saturated heterocycles. The molecule has 90 valence electrons. The van der Waals surface area contributed by atoms with E-state index in [4.69, 9.17) is 5.73 Å². The Kier molecular flexibility index (Phi) is 5.20. The molecule has 0 amide bonds. The number of hydrogen-bond donors (Lipinski definition) is 2. The number of benzene rings is 1. The summed E-state index contributed by atoms with van der Waals surface area (Å²) < 4.78 is 12.2. The summed E-state index contributed by atoms with van der Waals surface area (Å²) in [5, 5.41) is 0. The molecule has 1 aromatic rings. The predicted molar refractivity (Wildman–Crippen MR) is 67.8 cm³/mol. The van der Waals surface area contributed by atoms with Crippen molar-refractivity contribution < 1.29 is 9.46 Å². The molecule has 0 aliphatic carbocycles. The molecule has 0 aliphatic heterocycles. The Morgan fingerprint density at radius 2 is 2.00 bits per heavy atom. The minimum absolute atomic E-state index is 0.307. The molecule has 1 rings (SSSR count). The summed E-state index contributed by atoms with van der Waals surface area (Å²) in [6.07, 6.45) is 1.66. The van der Waals surface area contributed by atoms with Crippen LogP contribution in [0.25, 0.3) is 0 Å². The Morgan fingerprint density at radius 3 is 2.50 bits per heavy atom. The lowest BCUT2D eigenvalue weighted by atomic mass is 10.1. The van der Waals surface area contributed by atoms with E-state index >= 15 is 0 Å². The predicted octanol–water partition coefficient (Wildman–Crippen LogP) is 2.76. The highest BCUT2D eigenvalue weighted by Gasteiger charge is 2.30. The molecule has 0 bridgehead atoms. The maximum absolute atomic E-state index is 12.2. The molecule has 0 spiro atoms. The average molecular weight is 241 g/mol. The maximum atomic E-state index is 12.2. The Morgan fingerprint density at radius 1 is 1.38 bits per heavy atom. The molecule has 0 saturated carbocycles. The summed E-state index contributed by atoms with van der Waals surface area (Å²) in [6, 6.07) is 9.50. The summed E-state index contributed by atoms with van der Waals surface area (Å²) in [6.45, 7) is 2.36. The van der Waals surface area contributed by atoms with E-state index in [0.717, 1.165) is 12.0 Å². The van der Waals surface area contributed by atoms with Crippen LogP contribution < -0.4 is 5.73 Å². The second kappa shape index (κ2) is 6.19. The van der Waals surface area contributed by atoms with Crippen molar-refractivity contribution in [1.82, 2.24) is 0 Å². The van der Waals surface area contributed by atoms with Crippen LogP contribution in [0.1, 0.15) is 31.0 Å². The number of hydrogen-bond acceptors (Lipinski definition) is 2. The SMILES string of the molecule is CCCP(=O)(O)C(CCN)c1ccccc1. The Balaban J connectivity index is 2.95. The average Bonchev–Trinajstić information content (AvgIpc) is 2.27. The largest absolute Gasteiger partial charge is 0.344 e. The number of nitrogens with two attached hydrogens (primary N) is 1. The third kappa shape index (κ3) is 3.44. The van der Waals surface area contributed by atoms with E-state index in [1.54, 1.807) is 0 Å². The molecule has 0 heterocycles. The van der Waals surface area contributed by atoms with Gasteiger partial charge in [0.1, 0.15) is 0 Å². The van der Waals surface area contributed by atoms with Crippen molar-refractivity contribution >= 4 is 7.37 Å². The van der Waals surface area contributed by atoms with E-state index in [1.807, 2.05) is 37.3 Å². The first-order valence-electron chi connectivity index (χ1n) is 5.68. The Labute approximate surface area is 97.1 Å². The molecule has 16 heavy (non-hydrogen) atoms. The van der Waals surface area contributed by atoms with Gasteiger partial charge in [0, 0.05) is 6.16 Å². The van der Waals surface area contributed by atoms with Crippen LogP contribution in [0.2, 0.25) is 0 Å². The van der Waals surface area contributed by atoms with Crippen LogP contribution >= 0.6 is 7.37 Å². The van der Waals surface area contributed by atoms with Gasteiger partial charge in [0.25, 0.3) is 0 Å². The summed E-state index contributed by atoms with van der Waals surface area (Å²) in [7, 11) is -3.12. The summed E-state index contributed by atoms with van der Waals surface area (Å²) >= 11 is 0. The first-order valence-corrected chi connectivity index (χ1v) is 7.59. The minimum atomic E-state index is -3.12. The second-order valence-electron chi connectivity index (χ2n) is 3.98. The minimum Gasteiger partial charge on any atom is -0.344 e. The van der Waals surface area contributed by atoms with Gasteiger partial charge in [-0.25, -0.2) is 0 Å². The second-order valence-corrected chi connectivity index (χ2v) is 6.56. The monoisotopic (exact) mass is 241 g/mol. The fourth-order valence-electron chi connectivity index (χ4n) is 1.91. The van der Waals surface area contributed by atoms with Crippen molar-refractivity contribution in [3.8, 4) is 0 Å². The quantitative estimate of drug-likeness (QED) is 0.753. The van der Waals surface area contributed by atoms with Gasteiger partial charge in [0.05, 0.1) is 5.66 Å². The standard InChI is InChI=1S/C12H20NO2P/c1-2-10-16(14,15)12(8-9-13)11-6-4-3-5-7-11/h3-7,12H,2,8-10,13H2,1H3,(H,14,15). The molecular weight excluding hydrogens is 221 g/mol. The summed E-state index contributed by atoms with van der Waals surface area (Å²) in [4.78, 5) is 10.1. The van der Waals surface area contributed by atoms with Crippen molar-refractivity contribution in [2.45, 2.75) is 25.4 Å². The highest BCUT2D eigenvalue weighted by atomic mass is 31.2. The maximum Gasteiger partial charge on any atom is 0.207 e. The van der Waals surface area contributed by atoms with Gasteiger partial charge in [0.2, 0.25) is 7.37 Å². The first kappa shape index (κ1) is 13.4. The van der Waals surface area contributed by atoms with Gasteiger partial charge < -0.3 is 10.6 Å². The van der Waals surface area contributed by atoms with E-state index in [9.17, 15) is 9.46 Å². The van der Waals surface area contributed by atoms with E-state index in [2.05, 4.69) is 0 Å². The van der Waals surface area contributed by atoms with Crippen LogP contribution in [0, 0.1) is 0 Å². The van der Waals surface area contributed by atoms with Crippen LogP contribution in [0.4, 0.5) is 0 Å². The third-order valence-corrected chi connectivity index (χ3v) is 5.27. The highest BCUT2D eigenvalue weighted by molar-refractivity contribution is 7.58. The molecular formula is C12H20NO2P. The lowest BCUT2D eigenvalue weighted by Gasteiger charge is -2.22. The normalized spacial score (nSPS) is 16.7.